The topological polar surface area (TPSA) is 132 Å². The van der Waals surface area contributed by atoms with Crippen LogP contribution in [0.3, 0.4) is 0 Å². The van der Waals surface area contributed by atoms with Gasteiger partial charge in [0, 0.05) is 0 Å². The Morgan fingerprint density at radius 2 is 1.00 bits per heavy atom. The monoisotopic (exact) mass is 284 g/mol. The molecule has 0 aliphatic heterocycles. The van der Waals surface area contributed by atoms with Gasteiger partial charge in [0.1, 0.15) is 0 Å². The molecule has 0 atom stereocenters. The van der Waals surface area contributed by atoms with E-state index in [0.717, 1.165) is 0 Å². The first-order valence-electron chi connectivity index (χ1n) is 3.17. The molecular formula is C6H8Na4O7+4. The maximum Gasteiger partial charge on any atom is 1.00 e. The summed E-state index contributed by atoms with van der Waals surface area (Å²) in [5, 5.41) is 33.8. The Kier molecular flexibility index (Phi) is 27.5. The predicted octanol–water partition coefficient (Wildman–Crippen LogP) is -13.2. The second kappa shape index (κ2) is 14.8. The van der Waals surface area contributed by atoms with Gasteiger partial charge in [-0.25, -0.2) is 4.79 Å². The van der Waals surface area contributed by atoms with Crippen LogP contribution in [0.4, 0.5) is 0 Å². The number of hydrogen-bond acceptors (Lipinski definition) is 4. The van der Waals surface area contributed by atoms with E-state index in [-0.39, 0.29) is 118 Å². The average molecular weight is 284 g/mol. The fourth-order valence-corrected chi connectivity index (χ4v) is 0.714. The van der Waals surface area contributed by atoms with Gasteiger partial charge < -0.3 is 20.4 Å². The molecule has 0 aliphatic rings. The van der Waals surface area contributed by atoms with E-state index in [1.54, 1.807) is 0 Å². The van der Waals surface area contributed by atoms with Crippen molar-refractivity contribution in [3.8, 4) is 0 Å². The van der Waals surface area contributed by atoms with Gasteiger partial charge in [-0.15, -0.1) is 0 Å². The van der Waals surface area contributed by atoms with E-state index in [0.29, 0.717) is 0 Å². The van der Waals surface area contributed by atoms with E-state index in [4.69, 9.17) is 20.4 Å². The van der Waals surface area contributed by atoms with Gasteiger partial charge >= 0.3 is 136 Å². The molecule has 0 radical (unpaired) electrons. The molecule has 0 saturated heterocycles. The van der Waals surface area contributed by atoms with Crippen molar-refractivity contribution in [2.24, 2.45) is 0 Å². The van der Waals surface area contributed by atoms with Crippen LogP contribution >= 0.6 is 0 Å². The molecule has 0 aliphatic carbocycles. The van der Waals surface area contributed by atoms with E-state index < -0.39 is 36.4 Å². The van der Waals surface area contributed by atoms with Crippen LogP contribution in [0.1, 0.15) is 12.8 Å². The van der Waals surface area contributed by atoms with E-state index in [1.807, 2.05) is 0 Å². The largest absolute Gasteiger partial charge is 1.00 e. The average Bonchev–Trinajstić information content (AvgIpc) is 1.82. The van der Waals surface area contributed by atoms with Crippen LogP contribution in [0.2, 0.25) is 0 Å². The van der Waals surface area contributed by atoms with Gasteiger partial charge in [0.25, 0.3) is 0 Å². The molecule has 74 valence electrons. The summed E-state index contributed by atoms with van der Waals surface area (Å²) in [7, 11) is 0. The zero-order chi connectivity index (χ0) is 10.6. The number of aliphatic hydroxyl groups is 1. The summed E-state index contributed by atoms with van der Waals surface area (Å²) < 4.78 is 0. The molecule has 7 nitrogen and oxygen atoms in total. The molecule has 0 unspecified atom stereocenters. The summed E-state index contributed by atoms with van der Waals surface area (Å²) >= 11 is 0. The van der Waals surface area contributed by atoms with Crippen molar-refractivity contribution in [3.05, 3.63) is 0 Å². The number of hydrogen-bond donors (Lipinski definition) is 4. The van der Waals surface area contributed by atoms with Gasteiger partial charge in [-0.2, -0.15) is 0 Å². The third-order valence-corrected chi connectivity index (χ3v) is 1.29. The van der Waals surface area contributed by atoms with Crippen molar-refractivity contribution in [1.29, 1.82) is 0 Å². The summed E-state index contributed by atoms with van der Waals surface area (Å²) in [6, 6.07) is 0. The zero-order valence-electron chi connectivity index (χ0n) is 10.4. The first-order chi connectivity index (χ1) is 5.78. The van der Waals surface area contributed by atoms with Crippen molar-refractivity contribution >= 4 is 17.9 Å². The van der Waals surface area contributed by atoms with Crippen LogP contribution in [0.15, 0.2) is 0 Å². The number of rotatable bonds is 5. The Hall–Kier alpha value is 2.37. The Bertz CT molecular complexity index is 241. The molecule has 0 aromatic rings. The minimum atomic E-state index is -2.74. The molecule has 0 spiro atoms. The van der Waals surface area contributed by atoms with Crippen molar-refractivity contribution < 1.29 is 153 Å². The Balaban J connectivity index is -0.000000120. The second-order valence-corrected chi connectivity index (χ2v) is 2.48. The molecule has 0 saturated carbocycles. The fraction of sp³-hybridized carbons (Fsp3) is 0.500. The summed E-state index contributed by atoms with van der Waals surface area (Å²) in [5.74, 6) is -5.02. The summed E-state index contributed by atoms with van der Waals surface area (Å²) in [5.41, 5.74) is -2.74. The van der Waals surface area contributed by atoms with Gasteiger partial charge in [0.05, 0.1) is 12.8 Å². The van der Waals surface area contributed by atoms with Gasteiger partial charge in [-0.3, -0.25) is 9.59 Å². The number of carboxylic acid groups (broad SMARTS) is 3. The molecule has 4 N–H and O–H groups in total. The summed E-state index contributed by atoms with van der Waals surface area (Å²) in [4.78, 5) is 30.5. The first kappa shape index (κ1) is 31.7. The van der Waals surface area contributed by atoms with Crippen LogP contribution < -0.4 is 118 Å². The van der Waals surface area contributed by atoms with E-state index in [1.165, 1.54) is 0 Å². The van der Waals surface area contributed by atoms with Crippen LogP contribution in [0, 0.1) is 0 Å². The molecule has 0 heterocycles. The molecule has 0 fully saturated rings. The van der Waals surface area contributed by atoms with E-state index in [2.05, 4.69) is 0 Å². The second-order valence-electron chi connectivity index (χ2n) is 2.48. The minimum Gasteiger partial charge on any atom is -0.481 e. The third kappa shape index (κ3) is 14.6. The van der Waals surface area contributed by atoms with Crippen LogP contribution in [0.25, 0.3) is 0 Å². The fourth-order valence-electron chi connectivity index (χ4n) is 0.714. The van der Waals surface area contributed by atoms with E-state index >= 15 is 0 Å². The summed E-state index contributed by atoms with van der Waals surface area (Å²) in [6.07, 6.45) is -2.29. The number of aliphatic carboxylic acids is 3. The Morgan fingerprint density at radius 1 is 0.765 bits per heavy atom. The number of carboxylic acids is 3. The standard InChI is InChI=1S/C6H8O7.4Na/c7-3(8)1-6(13,5(11)12)2-4(9)10;;;;/h13H,1-2H2,(H,7,8)(H,9,10)(H,11,12);;;;/q;4*+1. The van der Waals surface area contributed by atoms with Gasteiger partial charge in [0.15, 0.2) is 5.60 Å². The molecular weight excluding hydrogens is 276 g/mol. The van der Waals surface area contributed by atoms with Crippen molar-refractivity contribution in [3.63, 3.8) is 0 Å². The van der Waals surface area contributed by atoms with Crippen molar-refractivity contribution in [1.82, 2.24) is 0 Å². The molecule has 0 aromatic heterocycles. The maximum atomic E-state index is 10.3. The molecule has 11 heteroatoms. The van der Waals surface area contributed by atoms with Crippen LogP contribution in [0.5, 0.6) is 0 Å². The molecule has 0 bridgehead atoms. The Labute approximate surface area is 186 Å². The third-order valence-electron chi connectivity index (χ3n) is 1.29. The first-order valence-corrected chi connectivity index (χ1v) is 3.17. The minimum absolute atomic E-state index is 0. The van der Waals surface area contributed by atoms with Crippen molar-refractivity contribution in [2.45, 2.75) is 18.4 Å². The van der Waals surface area contributed by atoms with Crippen LogP contribution in [-0.4, -0.2) is 43.9 Å². The molecule has 0 rings (SSSR count). The number of carbonyl (C=O) groups is 3. The molecule has 0 amide bonds. The van der Waals surface area contributed by atoms with E-state index in [9.17, 15) is 14.4 Å². The zero-order valence-corrected chi connectivity index (χ0v) is 18.4. The van der Waals surface area contributed by atoms with Gasteiger partial charge in [0.2, 0.25) is 0 Å². The SMILES string of the molecule is O=C(O)CC(O)(CC(=O)O)C(=O)O.[Na+].[Na+].[Na+].[Na+]. The molecule has 0 aromatic carbocycles. The van der Waals surface area contributed by atoms with Crippen LogP contribution in [-0.2, 0) is 14.4 Å². The quantitative estimate of drug-likeness (QED) is 0.368. The predicted molar refractivity (Wildman–Crippen MR) is 37.1 cm³/mol. The van der Waals surface area contributed by atoms with Crippen molar-refractivity contribution in [2.75, 3.05) is 0 Å². The van der Waals surface area contributed by atoms with Gasteiger partial charge in [-0.05, 0) is 0 Å². The van der Waals surface area contributed by atoms with Gasteiger partial charge in [-0.1, -0.05) is 0 Å². The summed E-state index contributed by atoms with van der Waals surface area (Å²) in [6.45, 7) is 0. The normalized spacial score (nSPS) is 8.29. The maximum absolute atomic E-state index is 10.3. The Morgan fingerprint density at radius 3 is 1.12 bits per heavy atom. The molecule has 17 heavy (non-hydrogen) atoms. The smallest absolute Gasteiger partial charge is 0.481 e.